The number of benzene rings is 2. The van der Waals surface area contributed by atoms with Gasteiger partial charge >= 0.3 is 5.97 Å². The van der Waals surface area contributed by atoms with Gasteiger partial charge in [0.05, 0.1) is 0 Å². The third kappa shape index (κ3) is 6.25. The second kappa shape index (κ2) is 10.1. The molecule has 6 nitrogen and oxygen atoms in total. The predicted octanol–water partition coefficient (Wildman–Crippen LogP) is 2.43. The molecule has 0 bridgehead atoms. The number of ether oxygens (including phenoxy) is 2. The number of carbonyl (C=O) groups is 1. The average Bonchev–Trinajstić information content (AvgIpc) is 2.91. The summed E-state index contributed by atoms with van der Waals surface area (Å²) in [6, 6.07) is 15.5. The fourth-order valence-electron chi connectivity index (χ4n) is 3.42. The van der Waals surface area contributed by atoms with Crippen molar-refractivity contribution in [3.05, 3.63) is 59.7 Å². The maximum absolute atomic E-state index is 10.7. The second-order valence-electron chi connectivity index (χ2n) is 7.09. The molecular weight excluding hydrogens is 358 g/mol. The van der Waals surface area contributed by atoms with Crippen LogP contribution in [0.1, 0.15) is 24.0 Å². The molecule has 0 saturated heterocycles. The molecule has 1 aliphatic rings. The van der Waals surface area contributed by atoms with Crippen molar-refractivity contribution in [2.24, 2.45) is 0 Å². The van der Waals surface area contributed by atoms with Crippen LogP contribution in [0.25, 0.3) is 0 Å². The van der Waals surface area contributed by atoms with E-state index in [1.165, 1.54) is 11.1 Å². The maximum atomic E-state index is 10.7. The van der Waals surface area contributed by atoms with E-state index in [2.05, 4.69) is 5.32 Å². The Morgan fingerprint density at radius 3 is 2.71 bits per heavy atom. The van der Waals surface area contributed by atoms with Gasteiger partial charge in [-0.25, -0.2) is 4.79 Å². The van der Waals surface area contributed by atoms with E-state index >= 15 is 0 Å². The summed E-state index contributed by atoms with van der Waals surface area (Å²) in [5.41, 5.74) is 2.45. The Morgan fingerprint density at radius 1 is 1.11 bits per heavy atom. The highest BCUT2D eigenvalue weighted by atomic mass is 16.5. The summed E-state index contributed by atoms with van der Waals surface area (Å²) in [6.45, 7) is 0.365. The van der Waals surface area contributed by atoms with E-state index in [1.807, 2.05) is 48.5 Å². The van der Waals surface area contributed by atoms with E-state index in [0.717, 1.165) is 31.4 Å². The zero-order chi connectivity index (χ0) is 19.8. The third-order valence-corrected chi connectivity index (χ3v) is 4.83. The van der Waals surface area contributed by atoms with Crippen molar-refractivity contribution in [3.8, 4) is 11.5 Å². The lowest BCUT2D eigenvalue weighted by molar-refractivity contribution is -0.139. The summed E-state index contributed by atoms with van der Waals surface area (Å²) in [5.74, 6) is 0.345. The van der Waals surface area contributed by atoms with Crippen LogP contribution in [0.15, 0.2) is 48.5 Å². The number of aryl methyl sites for hydroxylation is 1. The number of para-hydroxylation sites is 1. The van der Waals surface area contributed by atoms with Gasteiger partial charge < -0.3 is 25.0 Å². The first-order valence-corrected chi connectivity index (χ1v) is 9.66. The maximum Gasteiger partial charge on any atom is 0.341 e. The van der Waals surface area contributed by atoms with Gasteiger partial charge in [0.15, 0.2) is 6.61 Å². The Labute approximate surface area is 165 Å². The number of rotatable bonds is 9. The molecule has 150 valence electrons. The van der Waals surface area contributed by atoms with Crippen LogP contribution in [0.4, 0.5) is 0 Å². The summed E-state index contributed by atoms with van der Waals surface area (Å²) in [5, 5.41) is 22.4. The number of aliphatic carboxylic acids is 1. The van der Waals surface area contributed by atoms with Crippen LogP contribution >= 0.6 is 0 Å². The normalized spacial score (nSPS) is 17.2. The quantitative estimate of drug-likeness (QED) is 0.575. The summed E-state index contributed by atoms with van der Waals surface area (Å²) in [6.07, 6.45) is 3.31. The van der Waals surface area contributed by atoms with Gasteiger partial charge in [-0.2, -0.15) is 0 Å². The molecule has 3 rings (SSSR count). The Kier molecular flexibility index (Phi) is 7.28. The average molecular weight is 385 g/mol. The molecule has 1 aliphatic carbocycles. The molecule has 2 aromatic carbocycles. The summed E-state index contributed by atoms with van der Waals surface area (Å²) in [4.78, 5) is 10.7. The Morgan fingerprint density at radius 2 is 1.93 bits per heavy atom. The fraction of sp³-hybridized carbons (Fsp3) is 0.409. The highest BCUT2D eigenvalue weighted by Crippen LogP contribution is 2.25. The van der Waals surface area contributed by atoms with Crippen LogP contribution < -0.4 is 14.8 Å². The van der Waals surface area contributed by atoms with Gasteiger partial charge in [0.25, 0.3) is 0 Å². The molecule has 0 unspecified atom stereocenters. The summed E-state index contributed by atoms with van der Waals surface area (Å²) < 4.78 is 10.9. The predicted molar refractivity (Wildman–Crippen MR) is 106 cm³/mol. The lowest BCUT2D eigenvalue weighted by atomic mass is 10.0. The first-order valence-electron chi connectivity index (χ1n) is 9.66. The summed E-state index contributed by atoms with van der Waals surface area (Å²) in [7, 11) is 0. The van der Waals surface area contributed by atoms with Crippen molar-refractivity contribution in [2.75, 3.05) is 19.8 Å². The zero-order valence-corrected chi connectivity index (χ0v) is 15.8. The van der Waals surface area contributed by atoms with Crippen molar-refractivity contribution < 1.29 is 24.5 Å². The largest absolute Gasteiger partial charge is 0.491 e. The Bertz CT molecular complexity index is 765. The van der Waals surface area contributed by atoms with Crippen LogP contribution in [0, 0.1) is 0 Å². The van der Waals surface area contributed by atoms with Crippen molar-refractivity contribution in [1.82, 2.24) is 5.32 Å². The first kappa shape index (κ1) is 20.2. The highest BCUT2D eigenvalue weighted by Gasteiger charge is 2.18. The molecular formula is C22H27NO5. The number of carboxylic acid groups (broad SMARTS) is 1. The lowest BCUT2D eigenvalue weighted by Crippen LogP contribution is -2.39. The van der Waals surface area contributed by atoms with E-state index in [9.17, 15) is 9.90 Å². The molecule has 0 radical (unpaired) electrons. The van der Waals surface area contributed by atoms with Crippen molar-refractivity contribution in [2.45, 2.75) is 37.8 Å². The summed E-state index contributed by atoms with van der Waals surface area (Å²) >= 11 is 0. The Hall–Kier alpha value is -2.57. The number of aliphatic hydroxyl groups is 1. The van der Waals surface area contributed by atoms with Crippen molar-refractivity contribution in [3.63, 3.8) is 0 Å². The molecule has 0 aliphatic heterocycles. The topological polar surface area (TPSA) is 88.0 Å². The molecule has 0 spiro atoms. The SMILES string of the molecule is O=C(O)COc1ccc2c(c1)C[C@@H](NC[C@H](O)COc1ccccc1)CCC2. The molecule has 0 amide bonds. The minimum atomic E-state index is -0.985. The molecule has 0 heterocycles. The molecule has 3 N–H and O–H groups in total. The fourth-order valence-corrected chi connectivity index (χ4v) is 3.42. The number of fused-ring (bicyclic) bond motifs is 1. The number of aliphatic hydroxyl groups excluding tert-OH is 1. The van der Waals surface area contributed by atoms with E-state index in [1.54, 1.807) is 0 Å². The third-order valence-electron chi connectivity index (χ3n) is 4.83. The highest BCUT2D eigenvalue weighted by molar-refractivity contribution is 5.68. The van der Waals surface area contributed by atoms with Crippen LogP contribution in [0.2, 0.25) is 0 Å². The molecule has 6 heteroatoms. The molecule has 0 aromatic heterocycles. The smallest absolute Gasteiger partial charge is 0.341 e. The van der Waals surface area contributed by atoms with Crippen molar-refractivity contribution in [1.29, 1.82) is 0 Å². The number of hydrogen-bond acceptors (Lipinski definition) is 5. The van der Waals surface area contributed by atoms with Gasteiger partial charge in [-0.05, 0) is 61.1 Å². The lowest BCUT2D eigenvalue weighted by Gasteiger charge is -2.20. The van der Waals surface area contributed by atoms with Gasteiger partial charge in [0.2, 0.25) is 0 Å². The van der Waals surface area contributed by atoms with Gasteiger partial charge in [0.1, 0.15) is 24.2 Å². The molecule has 28 heavy (non-hydrogen) atoms. The van der Waals surface area contributed by atoms with Gasteiger partial charge in [0, 0.05) is 12.6 Å². The zero-order valence-electron chi connectivity index (χ0n) is 15.8. The van der Waals surface area contributed by atoms with Gasteiger partial charge in [-0.3, -0.25) is 0 Å². The van der Waals surface area contributed by atoms with E-state index in [-0.39, 0.29) is 19.3 Å². The number of carboxylic acids is 1. The minimum absolute atomic E-state index is 0.244. The standard InChI is InChI=1S/C22H27NO5/c24-19(14-27-20-7-2-1-3-8-20)13-23-18-6-4-5-16-9-10-21(12-17(16)11-18)28-15-22(25)26/h1-3,7-10,12,18-19,23-24H,4-6,11,13-15H2,(H,25,26)/t18-,19-/m0/s1. The molecule has 2 atom stereocenters. The van der Waals surface area contributed by atoms with Crippen molar-refractivity contribution >= 4 is 5.97 Å². The molecule has 2 aromatic rings. The van der Waals surface area contributed by atoms with Gasteiger partial charge in [-0.15, -0.1) is 0 Å². The van der Waals surface area contributed by atoms with Crippen LogP contribution in [-0.4, -0.2) is 48.1 Å². The number of hydrogen-bond donors (Lipinski definition) is 3. The molecule has 0 fully saturated rings. The minimum Gasteiger partial charge on any atom is -0.491 e. The van der Waals surface area contributed by atoms with E-state index < -0.39 is 12.1 Å². The van der Waals surface area contributed by atoms with Crippen LogP contribution in [-0.2, 0) is 17.6 Å². The first-order chi connectivity index (χ1) is 13.6. The molecule has 0 saturated carbocycles. The van der Waals surface area contributed by atoms with Crippen LogP contribution in [0.3, 0.4) is 0 Å². The number of nitrogens with one attached hydrogen (secondary N) is 1. The Balaban J connectivity index is 1.50. The monoisotopic (exact) mass is 385 g/mol. The van der Waals surface area contributed by atoms with E-state index in [0.29, 0.717) is 12.3 Å². The second-order valence-corrected chi connectivity index (χ2v) is 7.09. The van der Waals surface area contributed by atoms with Crippen LogP contribution in [0.5, 0.6) is 11.5 Å². The van der Waals surface area contributed by atoms with E-state index in [4.69, 9.17) is 14.6 Å². The van der Waals surface area contributed by atoms with Gasteiger partial charge in [-0.1, -0.05) is 24.3 Å².